The number of furan rings is 1. The fourth-order valence-electron chi connectivity index (χ4n) is 2.13. The van der Waals surface area contributed by atoms with Crippen LogP contribution >= 0.6 is 11.8 Å². The first kappa shape index (κ1) is 14.6. The minimum absolute atomic E-state index is 0.367. The monoisotopic (exact) mass is 340 g/mol. The van der Waals surface area contributed by atoms with E-state index in [1.165, 1.54) is 11.8 Å². The molecule has 24 heavy (non-hydrogen) atoms. The van der Waals surface area contributed by atoms with Gasteiger partial charge in [0.1, 0.15) is 0 Å². The van der Waals surface area contributed by atoms with Crippen molar-refractivity contribution in [3.05, 3.63) is 48.8 Å². The van der Waals surface area contributed by atoms with Crippen LogP contribution in [0.5, 0.6) is 0 Å². The molecule has 8 nitrogen and oxygen atoms in total. The Morgan fingerprint density at radius 2 is 1.96 bits per heavy atom. The Kier molecular flexibility index (Phi) is 3.83. The zero-order valence-corrected chi connectivity index (χ0v) is 13.5. The van der Waals surface area contributed by atoms with Crippen molar-refractivity contribution >= 4 is 11.8 Å². The number of hydrogen-bond donors (Lipinski definition) is 0. The molecule has 0 unspecified atom stereocenters. The number of pyridine rings is 1. The van der Waals surface area contributed by atoms with Crippen LogP contribution in [0.4, 0.5) is 0 Å². The van der Waals surface area contributed by atoms with E-state index in [9.17, 15) is 0 Å². The summed E-state index contributed by atoms with van der Waals surface area (Å²) in [5, 5.41) is 17.2. The SMILES string of the molecule is Cn1c(SCc2nnc(-c3ccco3)o2)nnc1-c1ccncc1. The zero-order chi connectivity index (χ0) is 16.4. The number of thioether (sulfide) groups is 1. The molecule has 0 saturated heterocycles. The molecule has 0 bridgehead atoms. The first-order valence-corrected chi connectivity index (χ1v) is 8.08. The normalized spacial score (nSPS) is 11.0. The van der Waals surface area contributed by atoms with Gasteiger partial charge in [-0.3, -0.25) is 4.98 Å². The van der Waals surface area contributed by atoms with Gasteiger partial charge < -0.3 is 13.4 Å². The van der Waals surface area contributed by atoms with Crippen LogP contribution in [0.3, 0.4) is 0 Å². The lowest BCUT2D eigenvalue weighted by molar-refractivity contribution is 0.494. The van der Waals surface area contributed by atoms with Crippen LogP contribution in [0.1, 0.15) is 5.89 Å². The molecule has 0 aromatic carbocycles. The minimum atomic E-state index is 0.367. The third-order valence-corrected chi connectivity index (χ3v) is 4.30. The predicted molar refractivity (Wildman–Crippen MR) is 85.8 cm³/mol. The molecule has 0 aliphatic rings. The quantitative estimate of drug-likeness (QED) is 0.512. The zero-order valence-electron chi connectivity index (χ0n) is 12.7. The lowest BCUT2D eigenvalue weighted by Gasteiger charge is -2.02. The van der Waals surface area contributed by atoms with E-state index in [2.05, 4.69) is 25.4 Å². The molecule has 0 aliphatic heterocycles. The van der Waals surface area contributed by atoms with E-state index in [-0.39, 0.29) is 0 Å². The molecule has 4 aromatic heterocycles. The molecule has 9 heteroatoms. The summed E-state index contributed by atoms with van der Waals surface area (Å²) in [6.07, 6.45) is 5.02. The minimum Gasteiger partial charge on any atom is -0.459 e. The Morgan fingerprint density at radius 3 is 2.75 bits per heavy atom. The third-order valence-electron chi connectivity index (χ3n) is 3.30. The highest BCUT2D eigenvalue weighted by molar-refractivity contribution is 7.98. The summed E-state index contributed by atoms with van der Waals surface area (Å²) < 4.78 is 12.7. The summed E-state index contributed by atoms with van der Waals surface area (Å²) in [7, 11) is 1.92. The fourth-order valence-corrected chi connectivity index (χ4v) is 2.88. The van der Waals surface area contributed by atoms with Crippen molar-refractivity contribution in [1.29, 1.82) is 0 Å². The first-order chi connectivity index (χ1) is 11.8. The summed E-state index contributed by atoms with van der Waals surface area (Å²) in [6, 6.07) is 7.33. The maximum absolute atomic E-state index is 5.58. The highest BCUT2D eigenvalue weighted by Crippen LogP contribution is 2.26. The van der Waals surface area contributed by atoms with Gasteiger partial charge in [-0.15, -0.1) is 20.4 Å². The molecule has 0 amide bonds. The first-order valence-electron chi connectivity index (χ1n) is 7.10. The molecule has 4 aromatic rings. The van der Waals surface area contributed by atoms with Gasteiger partial charge in [-0.25, -0.2) is 0 Å². The van der Waals surface area contributed by atoms with Crippen LogP contribution in [-0.4, -0.2) is 29.9 Å². The van der Waals surface area contributed by atoms with Crippen LogP contribution < -0.4 is 0 Å². The molecule has 0 atom stereocenters. The van der Waals surface area contributed by atoms with E-state index < -0.39 is 0 Å². The van der Waals surface area contributed by atoms with Crippen LogP contribution in [0.2, 0.25) is 0 Å². The molecular weight excluding hydrogens is 328 g/mol. The van der Waals surface area contributed by atoms with Crippen molar-refractivity contribution in [1.82, 2.24) is 29.9 Å². The van der Waals surface area contributed by atoms with E-state index in [0.29, 0.717) is 23.3 Å². The van der Waals surface area contributed by atoms with Gasteiger partial charge in [-0.1, -0.05) is 11.8 Å². The Morgan fingerprint density at radius 1 is 1.08 bits per heavy atom. The standard InChI is InChI=1S/C15H12N6O2S/c1-21-13(10-4-6-16-7-5-10)18-20-15(21)24-9-12-17-19-14(23-12)11-3-2-8-22-11/h2-8H,9H2,1H3. The second kappa shape index (κ2) is 6.28. The van der Waals surface area contributed by atoms with Gasteiger partial charge in [0.05, 0.1) is 12.0 Å². The average molecular weight is 340 g/mol. The molecule has 0 saturated carbocycles. The molecule has 0 radical (unpaired) electrons. The second-order valence-electron chi connectivity index (χ2n) is 4.87. The molecule has 120 valence electrons. The topological polar surface area (TPSA) is 95.7 Å². The Balaban J connectivity index is 1.48. The van der Waals surface area contributed by atoms with Crippen molar-refractivity contribution in [3.8, 4) is 23.0 Å². The predicted octanol–water partition coefficient (Wildman–Crippen LogP) is 2.81. The smallest absolute Gasteiger partial charge is 0.283 e. The van der Waals surface area contributed by atoms with Gasteiger partial charge in [0, 0.05) is 25.0 Å². The summed E-state index contributed by atoms with van der Waals surface area (Å²) >= 11 is 1.47. The van der Waals surface area contributed by atoms with Crippen LogP contribution in [0, 0.1) is 0 Å². The number of aromatic nitrogens is 6. The lowest BCUT2D eigenvalue weighted by Crippen LogP contribution is -1.95. The molecule has 0 fully saturated rings. The Hall–Kier alpha value is -2.94. The van der Waals surface area contributed by atoms with Gasteiger partial charge in [-0.2, -0.15) is 0 Å². The average Bonchev–Trinajstić information content (AvgIpc) is 3.35. The maximum atomic E-state index is 5.58. The van der Waals surface area contributed by atoms with Gasteiger partial charge in [-0.05, 0) is 24.3 Å². The summed E-state index contributed by atoms with van der Waals surface area (Å²) in [5.41, 5.74) is 0.963. The molecule has 4 rings (SSSR count). The molecule has 0 aliphatic carbocycles. The molecule has 4 heterocycles. The third kappa shape index (κ3) is 2.81. The van der Waals surface area contributed by atoms with Crippen LogP contribution in [0.25, 0.3) is 23.0 Å². The number of nitrogens with zero attached hydrogens (tertiary/aromatic N) is 6. The van der Waals surface area contributed by atoms with Gasteiger partial charge in [0.25, 0.3) is 5.89 Å². The van der Waals surface area contributed by atoms with Crippen molar-refractivity contribution in [2.24, 2.45) is 7.05 Å². The van der Waals surface area contributed by atoms with E-state index in [1.54, 1.807) is 30.8 Å². The van der Waals surface area contributed by atoms with E-state index >= 15 is 0 Å². The number of hydrogen-bond acceptors (Lipinski definition) is 8. The van der Waals surface area contributed by atoms with Crippen molar-refractivity contribution in [2.45, 2.75) is 10.9 Å². The Bertz CT molecular complexity index is 932. The number of rotatable bonds is 5. The Labute approximate surface area is 140 Å². The van der Waals surface area contributed by atoms with E-state index in [1.807, 2.05) is 23.7 Å². The highest BCUT2D eigenvalue weighted by Gasteiger charge is 2.14. The van der Waals surface area contributed by atoms with Gasteiger partial charge in [0.15, 0.2) is 16.7 Å². The van der Waals surface area contributed by atoms with Crippen LogP contribution in [-0.2, 0) is 12.8 Å². The van der Waals surface area contributed by atoms with Crippen molar-refractivity contribution < 1.29 is 8.83 Å². The maximum Gasteiger partial charge on any atom is 0.283 e. The van der Waals surface area contributed by atoms with Gasteiger partial charge in [0.2, 0.25) is 5.89 Å². The van der Waals surface area contributed by atoms with Crippen molar-refractivity contribution in [2.75, 3.05) is 0 Å². The van der Waals surface area contributed by atoms with Crippen molar-refractivity contribution in [3.63, 3.8) is 0 Å². The molecule has 0 N–H and O–H groups in total. The summed E-state index contributed by atoms with van der Waals surface area (Å²) in [4.78, 5) is 4.01. The van der Waals surface area contributed by atoms with E-state index in [4.69, 9.17) is 8.83 Å². The highest BCUT2D eigenvalue weighted by atomic mass is 32.2. The molecular formula is C15H12N6O2S. The second-order valence-corrected chi connectivity index (χ2v) is 5.81. The summed E-state index contributed by atoms with van der Waals surface area (Å²) in [6.45, 7) is 0. The largest absolute Gasteiger partial charge is 0.459 e. The lowest BCUT2D eigenvalue weighted by atomic mass is 10.2. The fraction of sp³-hybridized carbons (Fsp3) is 0.133. The summed E-state index contributed by atoms with van der Waals surface area (Å²) in [5.74, 6) is 2.70. The van der Waals surface area contributed by atoms with Crippen LogP contribution in [0.15, 0.2) is 56.9 Å². The van der Waals surface area contributed by atoms with E-state index in [0.717, 1.165) is 16.5 Å². The van der Waals surface area contributed by atoms with Gasteiger partial charge >= 0.3 is 0 Å². The molecule has 0 spiro atoms.